The molecule has 0 aromatic heterocycles. The fourth-order valence-electron chi connectivity index (χ4n) is 2.55. The smallest absolute Gasteiger partial charge is 0.255 e. The van der Waals surface area contributed by atoms with Gasteiger partial charge >= 0.3 is 0 Å². The Balaban J connectivity index is 1.69. The molecule has 2 amide bonds. The molecule has 0 radical (unpaired) electrons. The van der Waals surface area contributed by atoms with Crippen molar-refractivity contribution in [3.05, 3.63) is 95.3 Å². The molecule has 0 saturated heterocycles. The topological polar surface area (TPSA) is 75.3 Å². The van der Waals surface area contributed by atoms with Crippen LogP contribution in [0.3, 0.4) is 0 Å². The van der Waals surface area contributed by atoms with E-state index in [0.29, 0.717) is 22.4 Å². The Bertz CT molecular complexity index is 1050. The first kappa shape index (κ1) is 19.0. The van der Waals surface area contributed by atoms with Gasteiger partial charge in [-0.05, 0) is 55.5 Å². The number of ketones is 1. The van der Waals surface area contributed by atoms with Gasteiger partial charge in [-0.15, -0.1) is 0 Å². The fourth-order valence-corrected chi connectivity index (χ4v) is 2.55. The zero-order valence-corrected chi connectivity index (χ0v) is 15.0. The van der Waals surface area contributed by atoms with Crippen molar-refractivity contribution in [2.24, 2.45) is 0 Å². The van der Waals surface area contributed by atoms with Crippen molar-refractivity contribution in [1.82, 2.24) is 0 Å². The number of hydrogen-bond donors (Lipinski definition) is 2. The van der Waals surface area contributed by atoms with Crippen LogP contribution < -0.4 is 10.6 Å². The molecule has 0 atom stereocenters. The average Bonchev–Trinajstić information content (AvgIpc) is 2.70. The van der Waals surface area contributed by atoms with E-state index >= 15 is 0 Å². The lowest BCUT2D eigenvalue weighted by molar-refractivity contribution is 0.101. The predicted molar refractivity (Wildman–Crippen MR) is 105 cm³/mol. The highest BCUT2D eigenvalue weighted by atomic mass is 19.1. The molecule has 0 bridgehead atoms. The molecule has 140 valence electrons. The minimum Gasteiger partial charge on any atom is -0.322 e. The molecule has 5 nitrogen and oxygen atoms in total. The van der Waals surface area contributed by atoms with Crippen LogP contribution in [0.2, 0.25) is 0 Å². The molecule has 0 saturated carbocycles. The third kappa shape index (κ3) is 4.48. The summed E-state index contributed by atoms with van der Waals surface area (Å²) in [4.78, 5) is 36.0. The monoisotopic (exact) mass is 376 g/mol. The van der Waals surface area contributed by atoms with Crippen molar-refractivity contribution in [2.75, 3.05) is 10.6 Å². The molecule has 6 heteroatoms. The van der Waals surface area contributed by atoms with E-state index in [0.717, 1.165) is 0 Å². The molecular formula is C22H17FN2O3. The number of hydrogen-bond acceptors (Lipinski definition) is 3. The second-order valence-electron chi connectivity index (χ2n) is 6.10. The summed E-state index contributed by atoms with van der Waals surface area (Å²) in [6.07, 6.45) is 0. The highest BCUT2D eigenvalue weighted by Gasteiger charge is 2.11. The molecule has 0 fully saturated rings. The van der Waals surface area contributed by atoms with Crippen molar-refractivity contribution in [1.29, 1.82) is 0 Å². The van der Waals surface area contributed by atoms with Crippen molar-refractivity contribution >= 4 is 29.0 Å². The second-order valence-corrected chi connectivity index (χ2v) is 6.10. The number of benzene rings is 3. The number of Topliss-reactive ketones (excluding diaryl/α,β-unsaturated/α-hetero) is 1. The van der Waals surface area contributed by atoms with Crippen LogP contribution in [-0.2, 0) is 0 Å². The summed E-state index contributed by atoms with van der Waals surface area (Å²) < 4.78 is 13.6. The van der Waals surface area contributed by atoms with E-state index in [1.807, 2.05) is 0 Å². The highest BCUT2D eigenvalue weighted by Crippen LogP contribution is 2.16. The van der Waals surface area contributed by atoms with Gasteiger partial charge in [0.05, 0.1) is 5.69 Å². The van der Waals surface area contributed by atoms with E-state index in [1.54, 1.807) is 30.3 Å². The molecule has 28 heavy (non-hydrogen) atoms. The standard InChI is InChI=1S/C22H17FN2O3/c1-14(26)17-5-4-6-18(13-17)24-21(27)15-9-11-16(12-10-15)22(28)25-20-8-3-2-7-19(20)23/h2-13H,1H3,(H,24,27)(H,25,28). The summed E-state index contributed by atoms with van der Waals surface area (Å²) in [7, 11) is 0. The Morgan fingerprint density at radius 2 is 1.32 bits per heavy atom. The number of rotatable bonds is 5. The van der Waals surface area contributed by atoms with Crippen molar-refractivity contribution < 1.29 is 18.8 Å². The van der Waals surface area contributed by atoms with E-state index in [9.17, 15) is 18.8 Å². The van der Waals surface area contributed by atoms with Gasteiger partial charge in [-0.25, -0.2) is 4.39 Å². The van der Waals surface area contributed by atoms with Crippen molar-refractivity contribution in [3.63, 3.8) is 0 Å². The van der Waals surface area contributed by atoms with Crippen molar-refractivity contribution in [2.45, 2.75) is 6.92 Å². The Morgan fingerprint density at radius 3 is 1.93 bits per heavy atom. The molecule has 0 unspecified atom stereocenters. The van der Waals surface area contributed by atoms with Crippen LogP contribution in [0.15, 0.2) is 72.8 Å². The second kappa shape index (κ2) is 8.26. The van der Waals surface area contributed by atoms with Gasteiger partial charge in [0.1, 0.15) is 5.82 Å². The minimum atomic E-state index is -0.528. The molecule has 0 aliphatic carbocycles. The summed E-state index contributed by atoms with van der Waals surface area (Å²) in [6.45, 7) is 1.45. The zero-order chi connectivity index (χ0) is 20.1. The number of nitrogens with one attached hydrogen (secondary N) is 2. The molecule has 0 aliphatic rings. The maximum atomic E-state index is 13.6. The van der Waals surface area contributed by atoms with Gasteiger partial charge in [-0.3, -0.25) is 14.4 Å². The van der Waals surface area contributed by atoms with Crippen LogP contribution in [-0.4, -0.2) is 17.6 Å². The molecule has 2 N–H and O–H groups in total. The Morgan fingerprint density at radius 1 is 0.714 bits per heavy atom. The number of halogens is 1. The van der Waals surface area contributed by atoms with E-state index in [4.69, 9.17) is 0 Å². The van der Waals surface area contributed by atoms with Gasteiger partial charge in [0.25, 0.3) is 11.8 Å². The maximum absolute atomic E-state index is 13.6. The summed E-state index contributed by atoms with van der Waals surface area (Å²) in [6, 6.07) is 18.5. The lowest BCUT2D eigenvalue weighted by Gasteiger charge is -2.08. The fraction of sp³-hybridized carbons (Fsp3) is 0.0455. The molecule has 3 aromatic carbocycles. The first-order chi connectivity index (χ1) is 13.4. The Kier molecular flexibility index (Phi) is 5.60. The number of para-hydroxylation sites is 1. The van der Waals surface area contributed by atoms with E-state index < -0.39 is 11.7 Å². The molecule has 3 aromatic rings. The normalized spacial score (nSPS) is 10.2. The van der Waals surface area contributed by atoms with E-state index in [1.165, 1.54) is 49.4 Å². The molecule has 3 rings (SSSR count). The third-order valence-electron chi connectivity index (χ3n) is 4.06. The largest absolute Gasteiger partial charge is 0.322 e. The number of carbonyl (C=O) groups excluding carboxylic acids is 3. The van der Waals surface area contributed by atoms with Crippen LogP contribution in [0, 0.1) is 5.82 Å². The number of carbonyl (C=O) groups is 3. The third-order valence-corrected chi connectivity index (χ3v) is 4.06. The maximum Gasteiger partial charge on any atom is 0.255 e. The minimum absolute atomic E-state index is 0.0830. The Labute approximate surface area is 161 Å². The van der Waals surface area contributed by atoms with Gasteiger partial charge in [0, 0.05) is 22.4 Å². The van der Waals surface area contributed by atoms with Crippen LogP contribution in [0.4, 0.5) is 15.8 Å². The Hall–Kier alpha value is -3.80. The van der Waals surface area contributed by atoms with Crippen molar-refractivity contribution in [3.8, 4) is 0 Å². The molecule has 0 aliphatic heterocycles. The van der Waals surface area contributed by atoms with Gasteiger partial charge in [0.2, 0.25) is 0 Å². The molecule has 0 spiro atoms. The summed E-state index contributed by atoms with van der Waals surface area (Å²) in [5.41, 5.74) is 1.71. The SMILES string of the molecule is CC(=O)c1cccc(NC(=O)c2ccc(C(=O)Nc3ccccc3F)cc2)c1. The first-order valence-electron chi connectivity index (χ1n) is 8.52. The van der Waals surface area contributed by atoms with Gasteiger partial charge in [0.15, 0.2) is 5.78 Å². The first-order valence-corrected chi connectivity index (χ1v) is 8.52. The zero-order valence-electron chi connectivity index (χ0n) is 15.0. The number of amides is 2. The van der Waals surface area contributed by atoms with Crippen LogP contribution in [0.25, 0.3) is 0 Å². The lowest BCUT2D eigenvalue weighted by Crippen LogP contribution is -2.15. The van der Waals surface area contributed by atoms with Crippen LogP contribution in [0.1, 0.15) is 38.0 Å². The van der Waals surface area contributed by atoms with Gasteiger partial charge < -0.3 is 10.6 Å². The van der Waals surface area contributed by atoms with Crippen LogP contribution >= 0.6 is 0 Å². The summed E-state index contributed by atoms with van der Waals surface area (Å²) >= 11 is 0. The van der Waals surface area contributed by atoms with Gasteiger partial charge in [-0.1, -0.05) is 24.3 Å². The highest BCUT2D eigenvalue weighted by molar-refractivity contribution is 6.07. The quantitative estimate of drug-likeness (QED) is 0.642. The molecular weight excluding hydrogens is 359 g/mol. The van der Waals surface area contributed by atoms with E-state index in [-0.39, 0.29) is 17.4 Å². The number of anilines is 2. The lowest BCUT2D eigenvalue weighted by atomic mass is 10.1. The molecule has 0 heterocycles. The summed E-state index contributed by atoms with van der Waals surface area (Å²) in [5.74, 6) is -1.48. The van der Waals surface area contributed by atoms with Crippen LogP contribution in [0.5, 0.6) is 0 Å². The van der Waals surface area contributed by atoms with E-state index in [2.05, 4.69) is 10.6 Å². The van der Waals surface area contributed by atoms with Gasteiger partial charge in [-0.2, -0.15) is 0 Å². The summed E-state index contributed by atoms with van der Waals surface area (Å²) in [5, 5.41) is 5.19. The predicted octanol–water partition coefficient (Wildman–Crippen LogP) is 4.53. The average molecular weight is 376 g/mol.